The molecule has 1 atom stereocenters. The van der Waals surface area contributed by atoms with E-state index in [9.17, 15) is 9.59 Å². The molecule has 0 spiro atoms. The minimum Gasteiger partial charge on any atom is -0.469 e. The number of esters is 1. The van der Waals surface area contributed by atoms with E-state index in [-0.39, 0.29) is 18.3 Å². The highest BCUT2D eigenvalue weighted by Crippen LogP contribution is 2.28. The predicted molar refractivity (Wildman–Crippen MR) is 108 cm³/mol. The van der Waals surface area contributed by atoms with E-state index < -0.39 is 0 Å². The number of ether oxygens (including phenoxy) is 1. The number of aromatic nitrogens is 1. The van der Waals surface area contributed by atoms with Crippen molar-refractivity contribution >= 4 is 28.3 Å². The normalized spacial score (nSPS) is 11.8. The number of hydrogen-bond acceptors (Lipinski definition) is 6. The number of benzene rings is 1. The molecule has 0 aliphatic carbocycles. The van der Waals surface area contributed by atoms with Crippen molar-refractivity contribution in [1.29, 1.82) is 0 Å². The van der Waals surface area contributed by atoms with Gasteiger partial charge in [0.2, 0.25) is 0 Å². The van der Waals surface area contributed by atoms with Gasteiger partial charge in [0, 0.05) is 5.38 Å². The molecule has 0 bridgehead atoms. The van der Waals surface area contributed by atoms with Gasteiger partial charge in [-0.3, -0.25) is 14.9 Å². The summed E-state index contributed by atoms with van der Waals surface area (Å²) in [5.74, 6) is 0.747. The predicted octanol–water partition coefficient (Wildman–Crippen LogP) is 4.96. The maximum atomic E-state index is 12.4. The first-order valence-electron chi connectivity index (χ1n) is 9.07. The lowest BCUT2D eigenvalue weighted by molar-refractivity contribution is -0.133. The number of carbonyl (C=O) groups is 2. The van der Waals surface area contributed by atoms with Gasteiger partial charge in [0.1, 0.15) is 11.5 Å². The first kappa shape index (κ1) is 19.8. The molecular weight excluding hydrogens is 376 g/mol. The number of anilines is 1. The Balaban J connectivity index is 1.62. The summed E-state index contributed by atoms with van der Waals surface area (Å²) in [6.45, 7) is 5.92. The molecule has 0 saturated heterocycles. The van der Waals surface area contributed by atoms with Crippen LogP contribution in [-0.2, 0) is 11.2 Å². The molecule has 146 valence electrons. The largest absolute Gasteiger partial charge is 0.469 e. The summed E-state index contributed by atoms with van der Waals surface area (Å²) in [6.07, 6.45) is 2.45. The zero-order valence-electron chi connectivity index (χ0n) is 16.0. The Morgan fingerprint density at radius 3 is 2.79 bits per heavy atom. The van der Waals surface area contributed by atoms with Gasteiger partial charge < -0.3 is 9.15 Å². The molecule has 2 heterocycles. The molecule has 0 saturated carbocycles. The molecule has 0 aliphatic rings. The van der Waals surface area contributed by atoms with E-state index in [1.807, 2.05) is 18.2 Å². The second-order valence-electron chi connectivity index (χ2n) is 6.49. The third-order valence-corrected chi connectivity index (χ3v) is 5.29. The summed E-state index contributed by atoms with van der Waals surface area (Å²) in [7, 11) is 0. The highest BCUT2D eigenvalue weighted by Gasteiger charge is 2.16. The van der Waals surface area contributed by atoms with Gasteiger partial charge in [-0.05, 0) is 37.0 Å². The van der Waals surface area contributed by atoms with Crippen molar-refractivity contribution in [2.75, 3.05) is 5.32 Å². The zero-order chi connectivity index (χ0) is 20.1. The van der Waals surface area contributed by atoms with Crippen molar-refractivity contribution < 1.29 is 18.7 Å². The van der Waals surface area contributed by atoms with Crippen LogP contribution in [0.5, 0.6) is 5.75 Å². The maximum Gasteiger partial charge on any atom is 0.317 e. The Bertz CT molecular complexity index is 976. The van der Waals surface area contributed by atoms with E-state index >= 15 is 0 Å². The second kappa shape index (κ2) is 8.84. The first-order valence-corrected chi connectivity index (χ1v) is 9.95. The molecule has 1 aromatic carbocycles. The van der Waals surface area contributed by atoms with E-state index in [4.69, 9.17) is 9.15 Å². The molecule has 2 aromatic heterocycles. The van der Waals surface area contributed by atoms with Crippen molar-refractivity contribution in [3.63, 3.8) is 0 Å². The van der Waals surface area contributed by atoms with E-state index in [1.165, 1.54) is 17.6 Å². The number of rotatable bonds is 7. The van der Waals surface area contributed by atoms with Gasteiger partial charge in [-0.15, -0.1) is 11.3 Å². The fourth-order valence-corrected chi connectivity index (χ4v) is 3.44. The number of carbonyl (C=O) groups excluding carboxylic acids is 2. The number of furan rings is 1. The summed E-state index contributed by atoms with van der Waals surface area (Å²) >= 11 is 1.26. The highest BCUT2D eigenvalue weighted by molar-refractivity contribution is 7.14. The summed E-state index contributed by atoms with van der Waals surface area (Å²) < 4.78 is 10.7. The van der Waals surface area contributed by atoms with Crippen LogP contribution >= 0.6 is 11.3 Å². The van der Waals surface area contributed by atoms with Crippen LogP contribution in [0.1, 0.15) is 53.6 Å². The number of nitrogens with one attached hydrogen (secondary N) is 1. The quantitative estimate of drug-likeness (QED) is 0.449. The van der Waals surface area contributed by atoms with Crippen LogP contribution in [0.4, 0.5) is 5.13 Å². The zero-order valence-corrected chi connectivity index (χ0v) is 16.8. The Morgan fingerprint density at radius 1 is 1.29 bits per heavy atom. The van der Waals surface area contributed by atoms with Crippen LogP contribution in [0.15, 0.2) is 46.4 Å². The number of para-hydroxylation sites is 1. The van der Waals surface area contributed by atoms with Gasteiger partial charge in [-0.2, -0.15) is 0 Å². The maximum absolute atomic E-state index is 12.4. The van der Waals surface area contributed by atoms with Crippen molar-refractivity contribution in [2.24, 2.45) is 0 Å². The number of aryl methyl sites for hydroxylation is 1. The first-order chi connectivity index (χ1) is 13.5. The van der Waals surface area contributed by atoms with Gasteiger partial charge in [0.15, 0.2) is 5.13 Å². The van der Waals surface area contributed by atoms with Crippen LogP contribution in [0.25, 0.3) is 0 Å². The lowest BCUT2D eigenvalue weighted by atomic mass is 9.98. The van der Waals surface area contributed by atoms with Crippen LogP contribution in [0.3, 0.4) is 0 Å². The van der Waals surface area contributed by atoms with Crippen LogP contribution in [0.2, 0.25) is 0 Å². The van der Waals surface area contributed by atoms with E-state index in [1.54, 1.807) is 24.4 Å². The van der Waals surface area contributed by atoms with E-state index in [2.05, 4.69) is 24.1 Å². The Hall–Kier alpha value is -2.93. The molecule has 1 N–H and O–H groups in total. The Labute approximate surface area is 167 Å². The van der Waals surface area contributed by atoms with Gasteiger partial charge in [0.05, 0.1) is 23.9 Å². The molecule has 0 fully saturated rings. The average molecular weight is 398 g/mol. The molecule has 1 unspecified atom stereocenters. The van der Waals surface area contributed by atoms with Gasteiger partial charge >= 0.3 is 5.97 Å². The lowest BCUT2D eigenvalue weighted by Gasteiger charge is -2.14. The third kappa shape index (κ3) is 4.67. The number of thiazole rings is 1. The van der Waals surface area contributed by atoms with Gasteiger partial charge in [-0.1, -0.05) is 32.0 Å². The molecule has 6 nitrogen and oxygen atoms in total. The number of amides is 1. The van der Waals surface area contributed by atoms with E-state index in [0.29, 0.717) is 33.8 Å². The van der Waals surface area contributed by atoms with Crippen molar-refractivity contribution in [1.82, 2.24) is 4.98 Å². The fourth-order valence-electron chi connectivity index (χ4n) is 2.74. The number of hydrogen-bond donors (Lipinski definition) is 1. The van der Waals surface area contributed by atoms with Crippen molar-refractivity contribution in [3.8, 4) is 5.75 Å². The molecule has 3 aromatic rings. The van der Waals surface area contributed by atoms with Crippen LogP contribution in [-0.4, -0.2) is 16.9 Å². The van der Waals surface area contributed by atoms with Gasteiger partial charge in [0.25, 0.3) is 5.91 Å². The molecular formula is C21H22N2O4S. The van der Waals surface area contributed by atoms with Crippen molar-refractivity contribution in [3.05, 3.63) is 64.6 Å². The third-order valence-electron chi connectivity index (χ3n) is 4.49. The monoisotopic (exact) mass is 398 g/mol. The Kier molecular flexibility index (Phi) is 6.26. The number of nitrogens with zero attached hydrogens (tertiary/aromatic N) is 1. The summed E-state index contributed by atoms with van der Waals surface area (Å²) in [5.41, 5.74) is 2.02. The van der Waals surface area contributed by atoms with E-state index in [0.717, 1.165) is 12.0 Å². The fraction of sp³-hybridized carbons (Fsp3) is 0.286. The lowest BCUT2D eigenvalue weighted by Crippen LogP contribution is -2.14. The molecule has 0 aliphatic heterocycles. The van der Waals surface area contributed by atoms with Gasteiger partial charge in [-0.25, -0.2) is 4.98 Å². The highest BCUT2D eigenvalue weighted by atomic mass is 32.1. The minimum atomic E-state index is -0.385. The molecule has 7 heteroatoms. The van der Waals surface area contributed by atoms with Crippen LogP contribution in [0, 0.1) is 6.92 Å². The molecule has 28 heavy (non-hydrogen) atoms. The minimum absolute atomic E-state index is 0.0337. The molecule has 0 radical (unpaired) electrons. The van der Waals surface area contributed by atoms with Crippen molar-refractivity contribution in [2.45, 2.75) is 39.5 Å². The Morgan fingerprint density at radius 2 is 2.07 bits per heavy atom. The molecule has 3 rings (SSSR count). The smallest absolute Gasteiger partial charge is 0.317 e. The second-order valence-corrected chi connectivity index (χ2v) is 7.34. The average Bonchev–Trinajstić information content (AvgIpc) is 3.30. The summed E-state index contributed by atoms with van der Waals surface area (Å²) in [4.78, 5) is 28.9. The SMILES string of the molecule is CCC(C)c1ccccc1OC(=O)Cc1csc(NC(=O)c2ccoc2C)n1. The standard InChI is InChI=1S/C21H22N2O4S/c1-4-13(2)16-7-5-6-8-18(16)27-19(24)11-15-12-28-21(22-15)23-20(25)17-9-10-26-14(17)3/h5-10,12-13H,4,11H2,1-3H3,(H,22,23,25). The molecule has 1 amide bonds. The van der Waals surface area contributed by atoms with Crippen LogP contribution < -0.4 is 10.1 Å². The topological polar surface area (TPSA) is 81.4 Å². The summed E-state index contributed by atoms with van der Waals surface area (Å²) in [5, 5.41) is 4.88. The summed E-state index contributed by atoms with van der Waals surface area (Å²) in [6, 6.07) is 9.18.